The summed E-state index contributed by atoms with van der Waals surface area (Å²) in [4.78, 5) is 11.9. The lowest BCUT2D eigenvalue weighted by atomic mass is 9.88. The van der Waals surface area contributed by atoms with Gasteiger partial charge in [-0.3, -0.25) is 4.79 Å². The molecule has 0 aliphatic heterocycles. The molecule has 0 spiro atoms. The van der Waals surface area contributed by atoms with Gasteiger partial charge in [0.1, 0.15) is 17.4 Å². The molecule has 1 aromatic heterocycles. The van der Waals surface area contributed by atoms with Crippen LogP contribution in [0.4, 0.5) is 0 Å². The van der Waals surface area contributed by atoms with Crippen LogP contribution >= 0.6 is 0 Å². The van der Waals surface area contributed by atoms with Crippen LogP contribution in [-0.2, 0) is 4.79 Å². The Balaban J connectivity index is 2.69. The smallest absolute Gasteiger partial charge is 0.262 e. The number of nitrogens with one attached hydrogen (secondary N) is 1. The molecule has 2 N–H and O–H groups in total. The fourth-order valence-corrected chi connectivity index (χ4v) is 1.63. The number of hydrogen-bond acceptors (Lipinski definition) is 4. The first-order chi connectivity index (χ1) is 9.40. The van der Waals surface area contributed by atoms with Crippen molar-refractivity contribution in [2.75, 3.05) is 6.54 Å². The highest BCUT2D eigenvalue weighted by atomic mass is 16.3. The molecule has 0 unspecified atom stereocenters. The van der Waals surface area contributed by atoms with Crippen LogP contribution < -0.4 is 5.32 Å². The van der Waals surface area contributed by atoms with Crippen molar-refractivity contribution in [1.29, 1.82) is 5.26 Å². The Morgan fingerprint density at radius 1 is 1.70 bits per heavy atom. The van der Waals surface area contributed by atoms with Crippen molar-refractivity contribution < 1.29 is 14.3 Å². The molecule has 0 saturated heterocycles. The lowest BCUT2D eigenvalue weighted by molar-refractivity contribution is -0.118. The van der Waals surface area contributed by atoms with Gasteiger partial charge in [0.15, 0.2) is 0 Å². The fraction of sp³-hybridized carbons (Fsp3) is 0.467. The van der Waals surface area contributed by atoms with Crippen molar-refractivity contribution in [2.24, 2.45) is 5.92 Å². The number of carbonyl (C=O) groups excluding carboxylic acids is 1. The first-order valence-electron chi connectivity index (χ1n) is 6.56. The van der Waals surface area contributed by atoms with Crippen LogP contribution in [-0.4, -0.2) is 23.2 Å². The molecular formula is C15H20N2O3. The third kappa shape index (κ3) is 4.25. The number of nitrogens with zero attached hydrogens (tertiary/aromatic N) is 1. The van der Waals surface area contributed by atoms with E-state index in [1.807, 2.05) is 19.9 Å². The first kappa shape index (κ1) is 16.0. The molecule has 0 bridgehead atoms. The van der Waals surface area contributed by atoms with E-state index in [4.69, 9.17) is 9.68 Å². The number of furan rings is 1. The van der Waals surface area contributed by atoms with Gasteiger partial charge in [-0.15, -0.1) is 0 Å². The van der Waals surface area contributed by atoms with Crippen molar-refractivity contribution in [2.45, 2.75) is 32.8 Å². The Hall–Kier alpha value is -2.06. The summed E-state index contributed by atoms with van der Waals surface area (Å²) in [5.74, 6) is -0.0414. The van der Waals surface area contributed by atoms with Crippen LogP contribution in [0, 0.1) is 17.2 Å². The number of amides is 1. The standard InChI is InChI=1S/C15H20N2O3/c1-4-11(2)15(3,19)10-17-14(18)12(9-16)8-13-6-5-7-20-13/h5-8,11,19H,4,10H2,1-3H3,(H,17,18)/b12-8-/t11-,15-/m1/s1. The molecule has 1 rings (SSSR count). The van der Waals surface area contributed by atoms with Gasteiger partial charge in [0.2, 0.25) is 0 Å². The van der Waals surface area contributed by atoms with Crippen LogP contribution in [0.1, 0.15) is 33.0 Å². The number of rotatable bonds is 6. The van der Waals surface area contributed by atoms with Gasteiger partial charge >= 0.3 is 0 Å². The molecule has 5 heteroatoms. The van der Waals surface area contributed by atoms with E-state index in [1.165, 1.54) is 12.3 Å². The van der Waals surface area contributed by atoms with Gasteiger partial charge in [0.05, 0.1) is 11.9 Å². The molecule has 0 radical (unpaired) electrons. The largest absolute Gasteiger partial charge is 0.465 e. The van der Waals surface area contributed by atoms with Crippen LogP contribution in [0.15, 0.2) is 28.4 Å². The molecule has 0 aliphatic carbocycles. The minimum atomic E-state index is -1.00. The molecule has 1 aromatic rings. The maximum absolute atomic E-state index is 11.9. The fourth-order valence-electron chi connectivity index (χ4n) is 1.63. The van der Waals surface area contributed by atoms with Gasteiger partial charge in [-0.05, 0) is 25.0 Å². The highest BCUT2D eigenvalue weighted by molar-refractivity contribution is 6.01. The van der Waals surface area contributed by atoms with E-state index in [9.17, 15) is 9.90 Å². The molecule has 108 valence electrons. The Kier molecular flexibility index (Phi) is 5.53. The average molecular weight is 276 g/mol. The Morgan fingerprint density at radius 3 is 2.90 bits per heavy atom. The quantitative estimate of drug-likeness (QED) is 0.615. The number of hydrogen-bond donors (Lipinski definition) is 2. The van der Waals surface area contributed by atoms with E-state index in [0.717, 1.165) is 6.42 Å². The van der Waals surface area contributed by atoms with Crippen LogP contribution in [0.2, 0.25) is 0 Å². The Morgan fingerprint density at radius 2 is 2.40 bits per heavy atom. The predicted molar refractivity (Wildman–Crippen MR) is 75.4 cm³/mol. The topological polar surface area (TPSA) is 86.3 Å². The summed E-state index contributed by atoms with van der Waals surface area (Å²) in [7, 11) is 0. The molecule has 2 atom stereocenters. The van der Waals surface area contributed by atoms with Crippen molar-refractivity contribution in [3.63, 3.8) is 0 Å². The Labute approximate surface area is 118 Å². The minimum Gasteiger partial charge on any atom is -0.465 e. The summed E-state index contributed by atoms with van der Waals surface area (Å²) in [6.07, 6.45) is 3.63. The van der Waals surface area contributed by atoms with Gasteiger partial charge in [-0.25, -0.2) is 0 Å². The van der Waals surface area contributed by atoms with E-state index in [2.05, 4.69) is 5.32 Å². The summed E-state index contributed by atoms with van der Waals surface area (Å²) >= 11 is 0. The van der Waals surface area contributed by atoms with E-state index in [-0.39, 0.29) is 18.0 Å². The summed E-state index contributed by atoms with van der Waals surface area (Å²) in [6.45, 7) is 5.65. The van der Waals surface area contributed by atoms with Crippen molar-refractivity contribution in [1.82, 2.24) is 5.32 Å². The third-order valence-electron chi connectivity index (χ3n) is 3.48. The normalized spacial score (nSPS) is 16.1. The summed E-state index contributed by atoms with van der Waals surface area (Å²) in [5.41, 5.74) is -1.06. The highest BCUT2D eigenvalue weighted by Crippen LogP contribution is 2.19. The lowest BCUT2D eigenvalue weighted by Gasteiger charge is -2.29. The highest BCUT2D eigenvalue weighted by Gasteiger charge is 2.27. The van der Waals surface area contributed by atoms with Crippen molar-refractivity contribution in [3.8, 4) is 6.07 Å². The average Bonchev–Trinajstić information content (AvgIpc) is 2.94. The molecule has 0 aromatic carbocycles. The first-order valence-corrected chi connectivity index (χ1v) is 6.56. The molecule has 1 amide bonds. The van der Waals surface area contributed by atoms with E-state index in [0.29, 0.717) is 5.76 Å². The van der Waals surface area contributed by atoms with E-state index in [1.54, 1.807) is 19.1 Å². The van der Waals surface area contributed by atoms with Gasteiger partial charge in [-0.1, -0.05) is 20.3 Å². The molecule has 20 heavy (non-hydrogen) atoms. The zero-order valence-corrected chi connectivity index (χ0v) is 12.0. The summed E-state index contributed by atoms with van der Waals surface area (Å²) in [5, 5.41) is 21.8. The monoisotopic (exact) mass is 276 g/mol. The Bertz CT molecular complexity index is 510. The van der Waals surface area contributed by atoms with Crippen molar-refractivity contribution in [3.05, 3.63) is 29.7 Å². The lowest BCUT2D eigenvalue weighted by Crippen LogP contribution is -2.45. The predicted octanol–water partition coefficient (Wildman–Crippen LogP) is 2.10. The van der Waals surface area contributed by atoms with Crippen LogP contribution in [0.5, 0.6) is 0 Å². The summed E-state index contributed by atoms with van der Waals surface area (Å²) < 4.78 is 5.06. The number of aliphatic hydroxyl groups is 1. The minimum absolute atomic E-state index is 0.0439. The second kappa shape index (κ2) is 6.92. The maximum atomic E-state index is 11.9. The molecule has 0 fully saturated rings. The molecular weight excluding hydrogens is 256 g/mol. The maximum Gasteiger partial charge on any atom is 0.262 e. The number of nitriles is 1. The molecule has 1 heterocycles. The van der Waals surface area contributed by atoms with Crippen molar-refractivity contribution >= 4 is 12.0 Å². The van der Waals surface area contributed by atoms with Gasteiger partial charge in [0.25, 0.3) is 5.91 Å². The van der Waals surface area contributed by atoms with Gasteiger partial charge in [-0.2, -0.15) is 5.26 Å². The summed E-state index contributed by atoms with van der Waals surface area (Å²) in [6, 6.07) is 5.15. The molecule has 5 nitrogen and oxygen atoms in total. The van der Waals surface area contributed by atoms with Crippen LogP contribution in [0.25, 0.3) is 6.08 Å². The molecule has 0 aliphatic rings. The van der Waals surface area contributed by atoms with E-state index < -0.39 is 11.5 Å². The SMILES string of the molecule is CC[C@@H](C)[C@](C)(O)CNC(=O)/C(C#N)=C\c1ccco1. The number of carbonyl (C=O) groups is 1. The zero-order chi connectivity index (χ0) is 15.2. The second-order valence-corrected chi connectivity index (χ2v) is 5.03. The van der Waals surface area contributed by atoms with Crippen LogP contribution in [0.3, 0.4) is 0 Å². The van der Waals surface area contributed by atoms with E-state index >= 15 is 0 Å². The molecule has 0 saturated carbocycles. The third-order valence-corrected chi connectivity index (χ3v) is 3.48. The second-order valence-electron chi connectivity index (χ2n) is 5.03. The zero-order valence-electron chi connectivity index (χ0n) is 12.0. The van der Waals surface area contributed by atoms with Gasteiger partial charge < -0.3 is 14.8 Å². The van der Waals surface area contributed by atoms with Gasteiger partial charge in [0, 0.05) is 12.6 Å².